The van der Waals surface area contributed by atoms with E-state index in [9.17, 15) is 9.90 Å². The molecule has 4 atom stereocenters. The number of aliphatic hydroxyl groups excluding tert-OH is 1. The number of carbonyl (C=O) groups excluding carboxylic acids is 1. The standard InChI is InChI=1S/C23H25N3O4/c1-29-19-6-2-3-7-20(19)30-21-10-15-13-26(12-14(15)9-18(21)27)23(28)17-11-25-22-16(17)5-4-8-24-22/h2-8,11,14-15,18,21,27H,9-10,12-13H2,1H3,(H,24,25)/t14-,15+,18+,21+/m0/s1. The molecule has 1 aromatic carbocycles. The fourth-order valence-electron chi connectivity index (χ4n) is 4.87. The first kappa shape index (κ1) is 18.9. The highest BCUT2D eigenvalue weighted by Crippen LogP contribution is 2.40. The van der Waals surface area contributed by atoms with Crippen molar-refractivity contribution in [2.75, 3.05) is 20.2 Å². The molecule has 3 aromatic rings. The SMILES string of the molecule is COc1ccccc1O[C@@H]1C[C@@H]2CN(C(=O)c3c[nH]c4ncccc34)C[C@@H]2C[C@H]1O. The van der Waals surface area contributed by atoms with E-state index >= 15 is 0 Å². The number of methoxy groups -OCH3 is 1. The zero-order valence-electron chi connectivity index (χ0n) is 16.8. The van der Waals surface area contributed by atoms with E-state index in [0.717, 1.165) is 11.0 Å². The van der Waals surface area contributed by atoms with Crippen molar-refractivity contribution in [3.63, 3.8) is 0 Å². The Bertz CT molecular complexity index is 1070. The van der Waals surface area contributed by atoms with Crippen LogP contribution >= 0.6 is 0 Å². The van der Waals surface area contributed by atoms with E-state index in [2.05, 4.69) is 9.97 Å². The maximum absolute atomic E-state index is 13.2. The number of benzene rings is 1. The maximum atomic E-state index is 13.2. The molecule has 0 radical (unpaired) electrons. The average Bonchev–Trinajstić information content (AvgIpc) is 3.38. The number of hydrogen-bond donors (Lipinski definition) is 2. The Kier molecular flexibility index (Phi) is 4.83. The van der Waals surface area contributed by atoms with Gasteiger partial charge in [-0.3, -0.25) is 4.79 Å². The van der Waals surface area contributed by atoms with E-state index in [1.54, 1.807) is 19.5 Å². The van der Waals surface area contributed by atoms with Gasteiger partial charge in [-0.2, -0.15) is 0 Å². The predicted octanol–water partition coefficient (Wildman–Crippen LogP) is 2.86. The van der Waals surface area contributed by atoms with Gasteiger partial charge in [0.25, 0.3) is 5.91 Å². The monoisotopic (exact) mass is 407 g/mol. The summed E-state index contributed by atoms with van der Waals surface area (Å²) in [5, 5.41) is 11.6. The molecule has 1 saturated carbocycles. The molecule has 1 aliphatic heterocycles. The van der Waals surface area contributed by atoms with Crippen LogP contribution in [0.15, 0.2) is 48.8 Å². The summed E-state index contributed by atoms with van der Waals surface area (Å²) >= 11 is 0. The van der Waals surface area contributed by atoms with Gasteiger partial charge in [-0.1, -0.05) is 12.1 Å². The van der Waals surface area contributed by atoms with Gasteiger partial charge in [-0.15, -0.1) is 0 Å². The highest BCUT2D eigenvalue weighted by Gasteiger charge is 2.44. The normalized spacial score (nSPS) is 25.9. The maximum Gasteiger partial charge on any atom is 0.256 e. The zero-order chi connectivity index (χ0) is 20.7. The van der Waals surface area contributed by atoms with Crippen molar-refractivity contribution in [1.29, 1.82) is 0 Å². The molecule has 30 heavy (non-hydrogen) atoms. The summed E-state index contributed by atoms with van der Waals surface area (Å²) in [5.41, 5.74) is 1.37. The Morgan fingerprint density at radius 2 is 1.90 bits per heavy atom. The fraction of sp³-hybridized carbons (Fsp3) is 0.391. The predicted molar refractivity (Wildman–Crippen MR) is 112 cm³/mol. The lowest BCUT2D eigenvalue weighted by molar-refractivity contribution is -0.0240. The number of ether oxygens (including phenoxy) is 2. The van der Waals surface area contributed by atoms with E-state index in [1.807, 2.05) is 41.3 Å². The second kappa shape index (κ2) is 7.65. The molecule has 1 amide bonds. The lowest BCUT2D eigenvalue weighted by Crippen LogP contribution is -2.42. The van der Waals surface area contributed by atoms with Crippen LogP contribution in [0.1, 0.15) is 23.2 Å². The topological polar surface area (TPSA) is 87.7 Å². The summed E-state index contributed by atoms with van der Waals surface area (Å²) < 4.78 is 11.5. The number of nitrogens with one attached hydrogen (secondary N) is 1. The number of para-hydroxylation sites is 2. The molecule has 0 unspecified atom stereocenters. The van der Waals surface area contributed by atoms with Crippen LogP contribution in [0.3, 0.4) is 0 Å². The van der Waals surface area contributed by atoms with Crippen LogP contribution in [-0.2, 0) is 0 Å². The van der Waals surface area contributed by atoms with Crippen molar-refractivity contribution in [1.82, 2.24) is 14.9 Å². The van der Waals surface area contributed by atoms with Crippen molar-refractivity contribution < 1.29 is 19.4 Å². The van der Waals surface area contributed by atoms with Crippen LogP contribution in [-0.4, -0.2) is 58.3 Å². The van der Waals surface area contributed by atoms with Crippen LogP contribution in [0.4, 0.5) is 0 Å². The number of carbonyl (C=O) groups is 1. The van der Waals surface area contributed by atoms with Gasteiger partial charge in [-0.05, 0) is 48.9 Å². The Morgan fingerprint density at radius 3 is 2.70 bits per heavy atom. The Labute approximate surface area is 174 Å². The Morgan fingerprint density at radius 1 is 1.13 bits per heavy atom. The van der Waals surface area contributed by atoms with E-state index in [0.29, 0.717) is 48.9 Å². The molecule has 7 nitrogen and oxygen atoms in total. The van der Waals surface area contributed by atoms with Crippen LogP contribution in [0.25, 0.3) is 11.0 Å². The van der Waals surface area contributed by atoms with Gasteiger partial charge in [0.2, 0.25) is 0 Å². The third kappa shape index (κ3) is 3.29. The van der Waals surface area contributed by atoms with E-state index in [4.69, 9.17) is 9.47 Å². The number of aliphatic hydroxyl groups is 1. The number of aromatic nitrogens is 2. The van der Waals surface area contributed by atoms with Crippen LogP contribution < -0.4 is 9.47 Å². The van der Waals surface area contributed by atoms with E-state index < -0.39 is 6.10 Å². The third-order valence-electron chi connectivity index (χ3n) is 6.40. The highest BCUT2D eigenvalue weighted by atomic mass is 16.5. The third-order valence-corrected chi connectivity index (χ3v) is 6.40. The molecule has 3 heterocycles. The molecule has 5 rings (SSSR count). The number of rotatable bonds is 4. The molecule has 1 saturated heterocycles. The summed E-state index contributed by atoms with van der Waals surface area (Å²) in [5.74, 6) is 1.90. The largest absolute Gasteiger partial charge is 0.493 e. The van der Waals surface area contributed by atoms with E-state index in [-0.39, 0.29) is 17.9 Å². The number of amides is 1. The minimum absolute atomic E-state index is 0.0142. The summed E-state index contributed by atoms with van der Waals surface area (Å²) in [6.07, 6.45) is 3.91. The number of hydrogen-bond acceptors (Lipinski definition) is 5. The average molecular weight is 407 g/mol. The number of H-pyrrole nitrogens is 1. The number of likely N-dealkylation sites (tertiary alicyclic amines) is 1. The number of pyridine rings is 1. The van der Waals surface area contributed by atoms with Crippen molar-refractivity contribution in [2.24, 2.45) is 11.8 Å². The molecule has 2 aliphatic rings. The lowest BCUT2D eigenvalue weighted by Gasteiger charge is -2.35. The Balaban J connectivity index is 1.30. The van der Waals surface area contributed by atoms with Crippen LogP contribution in [0.2, 0.25) is 0 Å². The smallest absolute Gasteiger partial charge is 0.256 e. The van der Waals surface area contributed by atoms with Gasteiger partial charge >= 0.3 is 0 Å². The first-order valence-corrected chi connectivity index (χ1v) is 10.3. The van der Waals surface area contributed by atoms with Gasteiger partial charge in [0, 0.05) is 30.9 Å². The number of nitrogens with zero attached hydrogens (tertiary/aromatic N) is 2. The summed E-state index contributed by atoms with van der Waals surface area (Å²) in [7, 11) is 1.61. The van der Waals surface area contributed by atoms with Crippen molar-refractivity contribution in [3.05, 3.63) is 54.4 Å². The van der Waals surface area contributed by atoms with Crippen molar-refractivity contribution in [3.8, 4) is 11.5 Å². The van der Waals surface area contributed by atoms with Gasteiger partial charge in [0.15, 0.2) is 11.5 Å². The molecular weight excluding hydrogens is 382 g/mol. The fourth-order valence-corrected chi connectivity index (χ4v) is 4.87. The highest BCUT2D eigenvalue weighted by molar-refractivity contribution is 6.05. The van der Waals surface area contributed by atoms with Crippen molar-refractivity contribution >= 4 is 16.9 Å². The van der Waals surface area contributed by atoms with Gasteiger partial charge in [0.05, 0.1) is 18.8 Å². The van der Waals surface area contributed by atoms with Gasteiger partial charge < -0.3 is 24.5 Å². The lowest BCUT2D eigenvalue weighted by atomic mass is 9.78. The van der Waals surface area contributed by atoms with Crippen LogP contribution in [0, 0.1) is 11.8 Å². The summed E-state index contributed by atoms with van der Waals surface area (Å²) in [6.45, 7) is 1.34. The molecule has 0 bridgehead atoms. The first-order chi connectivity index (χ1) is 14.6. The molecule has 1 aliphatic carbocycles. The summed E-state index contributed by atoms with van der Waals surface area (Å²) in [6, 6.07) is 11.2. The molecular formula is C23H25N3O4. The van der Waals surface area contributed by atoms with E-state index in [1.165, 1.54) is 0 Å². The molecule has 0 spiro atoms. The number of aromatic amines is 1. The van der Waals surface area contributed by atoms with Crippen LogP contribution in [0.5, 0.6) is 11.5 Å². The quantitative estimate of drug-likeness (QED) is 0.694. The Hall–Kier alpha value is -3.06. The molecule has 2 N–H and O–H groups in total. The summed E-state index contributed by atoms with van der Waals surface area (Å²) in [4.78, 5) is 22.4. The number of fused-ring (bicyclic) bond motifs is 2. The first-order valence-electron chi connectivity index (χ1n) is 10.3. The zero-order valence-corrected chi connectivity index (χ0v) is 16.8. The molecule has 2 fully saturated rings. The minimum Gasteiger partial charge on any atom is -0.493 e. The minimum atomic E-state index is -0.566. The van der Waals surface area contributed by atoms with Crippen molar-refractivity contribution in [2.45, 2.75) is 25.0 Å². The second-order valence-corrected chi connectivity index (χ2v) is 8.18. The molecule has 156 valence electrons. The van der Waals surface area contributed by atoms with Gasteiger partial charge in [-0.25, -0.2) is 4.98 Å². The second-order valence-electron chi connectivity index (χ2n) is 8.18. The molecule has 7 heteroatoms. The van der Waals surface area contributed by atoms with Gasteiger partial charge in [0.1, 0.15) is 11.8 Å². The molecule has 2 aromatic heterocycles.